The van der Waals surface area contributed by atoms with E-state index in [2.05, 4.69) is 0 Å². The summed E-state index contributed by atoms with van der Waals surface area (Å²) in [5.74, 6) is -1.80. The molecule has 0 aliphatic rings. The van der Waals surface area contributed by atoms with E-state index in [9.17, 15) is 32.2 Å². The van der Waals surface area contributed by atoms with E-state index >= 15 is 0 Å². The van der Waals surface area contributed by atoms with Crippen LogP contribution in [0.4, 0.5) is 28.9 Å². The van der Waals surface area contributed by atoms with Crippen LogP contribution in [0.2, 0.25) is 0 Å². The van der Waals surface area contributed by atoms with E-state index < -0.39 is 47.7 Å². The summed E-state index contributed by atoms with van der Waals surface area (Å²) in [5.41, 5.74) is -3.75. The smallest absolute Gasteiger partial charge is 0.368 e. The van der Waals surface area contributed by atoms with Gasteiger partial charge in [0.15, 0.2) is 0 Å². The fraction of sp³-hybridized carbons (Fsp3) is 0.250. The minimum Gasteiger partial charge on any atom is -0.368 e. The number of halogens is 4. The zero-order valence-electron chi connectivity index (χ0n) is 9.39. The quantitative estimate of drug-likeness (QED) is 0.340. The van der Waals surface area contributed by atoms with Crippen LogP contribution in [0.25, 0.3) is 0 Å². The number of rotatable bonds is 4. The number of nitro groups is 1. The molecule has 7 nitrogen and oxygen atoms in total. The van der Waals surface area contributed by atoms with Crippen LogP contribution in [0.3, 0.4) is 0 Å². The maximum atomic E-state index is 13.2. The highest BCUT2D eigenvalue weighted by Gasteiger charge is 2.37. The van der Waals surface area contributed by atoms with Crippen LogP contribution in [0.1, 0.15) is 5.56 Å². The van der Waals surface area contributed by atoms with Gasteiger partial charge in [0.05, 0.1) is 10.5 Å². The van der Waals surface area contributed by atoms with E-state index in [1.54, 1.807) is 0 Å². The van der Waals surface area contributed by atoms with Crippen LogP contribution >= 0.6 is 7.60 Å². The number of nitro benzene ring substituents is 1. The number of hydrogen-bond acceptors (Lipinski definition) is 4. The third kappa shape index (κ3) is 4.15. The van der Waals surface area contributed by atoms with Gasteiger partial charge in [-0.1, -0.05) is 0 Å². The molecule has 0 bridgehead atoms. The number of hydrogen-bond donors (Lipinski definition) is 3. The van der Waals surface area contributed by atoms with Crippen LogP contribution in [-0.2, 0) is 10.7 Å². The Morgan fingerprint density at radius 2 is 1.90 bits per heavy atom. The molecule has 0 saturated carbocycles. The average Bonchev–Trinajstić information content (AvgIpc) is 2.23. The molecule has 1 aromatic carbocycles. The summed E-state index contributed by atoms with van der Waals surface area (Å²) in [7, 11) is -4.62. The first-order chi connectivity index (χ1) is 8.92. The summed E-state index contributed by atoms with van der Waals surface area (Å²) >= 11 is 0. The summed E-state index contributed by atoms with van der Waals surface area (Å²) < 4.78 is 61.0. The molecule has 20 heavy (non-hydrogen) atoms. The predicted molar refractivity (Wildman–Crippen MR) is 58.6 cm³/mol. The van der Waals surface area contributed by atoms with Gasteiger partial charge in [-0.15, -0.1) is 0 Å². The zero-order valence-corrected chi connectivity index (χ0v) is 10.3. The second kappa shape index (κ2) is 5.35. The van der Waals surface area contributed by atoms with Crippen molar-refractivity contribution in [1.82, 2.24) is 0 Å². The summed E-state index contributed by atoms with van der Waals surface area (Å²) in [6.45, 7) is 0. The lowest BCUT2D eigenvalue weighted by molar-refractivity contribution is -0.384. The lowest BCUT2D eigenvalue weighted by Gasteiger charge is -2.12. The summed E-state index contributed by atoms with van der Waals surface area (Å²) in [5, 5.41) is 12.5. The van der Waals surface area contributed by atoms with E-state index in [1.807, 2.05) is 5.32 Å². The van der Waals surface area contributed by atoms with Crippen molar-refractivity contribution >= 4 is 19.0 Å². The van der Waals surface area contributed by atoms with E-state index in [-0.39, 0.29) is 12.1 Å². The highest BCUT2D eigenvalue weighted by molar-refractivity contribution is 7.51. The monoisotopic (exact) mass is 318 g/mol. The molecule has 3 N–H and O–H groups in total. The third-order valence-corrected chi connectivity index (χ3v) is 2.63. The van der Waals surface area contributed by atoms with Gasteiger partial charge in [0.2, 0.25) is 0 Å². The second-order valence-electron chi connectivity index (χ2n) is 3.60. The maximum Gasteiger partial charge on any atom is 0.419 e. The maximum absolute atomic E-state index is 13.2. The lowest BCUT2D eigenvalue weighted by atomic mass is 10.1. The normalized spacial score (nSPS) is 12.3. The van der Waals surface area contributed by atoms with Gasteiger partial charge >= 0.3 is 13.8 Å². The van der Waals surface area contributed by atoms with Crippen LogP contribution in [0.5, 0.6) is 0 Å². The molecule has 0 saturated heterocycles. The highest BCUT2D eigenvalue weighted by atomic mass is 31.2. The van der Waals surface area contributed by atoms with Gasteiger partial charge in [0, 0.05) is 12.1 Å². The van der Waals surface area contributed by atoms with E-state index in [4.69, 9.17) is 9.79 Å². The minimum absolute atomic E-state index is 0.0443. The first-order valence-electron chi connectivity index (χ1n) is 4.75. The van der Waals surface area contributed by atoms with E-state index in [1.165, 1.54) is 0 Å². The molecule has 112 valence electrons. The first kappa shape index (κ1) is 16.3. The van der Waals surface area contributed by atoms with E-state index in [0.717, 1.165) is 0 Å². The van der Waals surface area contributed by atoms with Crippen molar-refractivity contribution in [3.63, 3.8) is 0 Å². The molecule has 0 unspecified atom stereocenters. The van der Waals surface area contributed by atoms with Crippen molar-refractivity contribution in [1.29, 1.82) is 0 Å². The Hall–Kier alpha value is -1.71. The highest BCUT2D eigenvalue weighted by Crippen LogP contribution is 2.39. The Morgan fingerprint density at radius 1 is 1.35 bits per heavy atom. The van der Waals surface area contributed by atoms with Gasteiger partial charge in [0.25, 0.3) is 5.69 Å². The van der Waals surface area contributed by atoms with Crippen LogP contribution in [0.15, 0.2) is 12.1 Å². The van der Waals surface area contributed by atoms with Crippen molar-refractivity contribution < 1.29 is 36.8 Å². The molecule has 0 amide bonds. The first-order valence-corrected chi connectivity index (χ1v) is 6.55. The summed E-state index contributed by atoms with van der Waals surface area (Å²) in [6, 6.07) is 0.119. The SMILES string of the molecule is O=[N+]([O-])c1cc(C(F)(F)F)c(F)cc1NCP(=O)(O)O. The van der Waals surface area contributed by atoms with Crippen LogP contribution < -0.4 is 5.32 Å². The molecule has 0 radical (unpaired) electrons. The summed E-state index contributed by atoms with van der Waals surface area (Å²) in [6.07, 6.45) is -6.21. The zero-order chi connectivity index (χ0) is 15.7. The number of nitrogens with zero attached hydrogens (tertiary/aromatic N) is 1. The Bertz CT molecular complexity index is 585. The Kier molecular flexibility index (Phi) is 4.37. The minimum atomic E-state index is -5.13. The van der Waals surface area contributed by atoms with Crippen molar-refractivity contribution in [3.05, 3.63) is 33.6 Å². The molecule has 0 aliphatic carbocycles. The van der Waals surface area contributed by atoms with E-state index in [0.29, 0.717) is 0 Å². The number of benzene rings is 1. The lowest BCUT2D eigenvalue weighted by Crippen LogP contribution is -2.11. The summed E-state index contributed by atoms with van der Waals surface area (Å²) in [4.78, 5) is 26.5. The average molecular weight is 318 g/mol. The second-order valence-corrected chi connectivity index (χ2v) is 5.25. The molecule has 0 heterocycles. The topological polar surface area (TPSA) is 113 Å². The largest absolute Gasteiger partial charge is 0.419 e. The van der Waals surface area contributed by atoms with Gasteiger partial charge in [-0.3, -0.25) is 14.7 Å². The molecule has 0 fully saturated rings. The van der Waals surface area contributed by atoms with Gasteiger partial charge in [-0.05, 0) is 0 Å². The molecule has 12 heteroatoms. The van der Waals surface area contributed by atoms with Crippen molar-refractivity contribution in [2.24, 2.45) is 0 Å². The van der Waals surface area contributed by atoms with Gasteiger partial charge in [-0.2, -0.15) is 13.2 Å². The Morgan fingerprint density at radius 3 is 2.30 bits per heavy atom. The molecular formula is C8H7F4N2O5P. The molecular weight excluding hydrogens is 311 g/mol. The standard InChI is InChI=1S/C8H7F4N2O5P/c9-5-2-6(13-3-20(17,18)19)7(14(15)16)1-4(5)8(10,11)12/h1-2,13H,3H2,(H2,17,18,19). The molecule has 1 rings (SSSR count). The molecule has 0 atom stereocenters. The van der Waals surface area contributed by atoms with Crippen molar-refractivity contribution in [3.8, 4) is 0 Å². The number of alkyl halides is 3. The Labute approximate surface area is 108 Å². The van der Waals surface area contributed by atoms with Gasteiger partial charge in [-0.25, -0.2) is 4.39 Å². The fourth-order valence-corrected chi connectivity index (χ4v) is 1.64. The molecule has 0 aliphatic heterocycles. The molecule has 0 aromatic heterocycles. The van der Waals surface area contributed by atoms with Crippen molar-refractivity contribution in [2.75, 3.05) is 11.6 Å². The van der Waals surface area contributed by atoms with Crippen LogP contribution in [0, 0.1) is 15.9 Å². The number of nitrogens with one attached hydrogen (secondary N) is 1. The molecule has 0 spiro atoms. The number of anilines is 1. The van der Waals surface area contributed by atoms with Gasteiger partial charge < -0.3 is 15.1 Å². The Balaban J connectivity index is 3.29. The van der Waals surface area contributed by atoms with Gasteiger partial charge in [0.1, 0.15) is 17.8 Å². The third-order valence-electron chi connectivity index (χ3n) is 2.06. The fourth-order valence-electron chi connectivity index (χ4n) is 1.26. The molecule has 1 aromatic rings. The predicted octanol–water partition coefficient (Wildman–Crippen LogP) is 2.30. The van der Waals surface area contributed by atoms with Crippen LogP contribution in [-0.4, -0.2) is 21.0 Å². The van der Waals surface area contributed by atoms with Crippen molar-refractivity contribution in [2.45, 2.75) is 6.18 Å².